The normalized spacial score (nSPS) is 19.1. The van der Waals surface area contributed by atoms with Gasteiger partial charge in [0.2, 0.25) is 15.9 Å². The van der Waals surface area contributed by atoms with Gasteiger partial charge in [0.05, 0.1) is 4.90 Å². The van der Waals surface area contributed by atoms with Crippen molar-refractivity contribution < 1.29 is 13.2 Å². The van der Waals surface area contributed by atoms with Gasteiger partial charge in [0, 0.05) is 19.1 Å². The highest BCUT2D eigenvalue weighted by Crippen LogP contribution is 2.17. The third-order valence-electron chi connectivity index (χ3n) is 4.69. The number of hydrogen-bond donors (Lipinski definition) is 2. The molecule has 1 aliphatic heterocycles. The number of carbonyl (C=O) groups excluding carboxylic acids is 1. The molecular formula is C18H30ClN3O3S. The fourth-order valence-corrected chi connectivity index (χ4v) is 4.37. The van der Waals surface area contributed by atoms with E-state index in [2.05, 4.69) is 10.0 Å². The zero-order chi connectivity index (χ0) is 18.6. The Balaban J connectivity index is 0.00000338. The molecule has 148 valence electrons. The number of nitrogens with zero attached hydrogens (tertiary/aromatic N) is 1. The Labute approximate surface area is 163 Å². The Bertz CT molecular complexity index is 692. The monoisotopic (exact) mass is 403 g/mol. The van der Waals surface area contributed by atoms with E-state index >= 15 is 0 Å². The number of piperidine rings is 1. The molecule has 2 atom stereocenters. The van der Waals surface area contributed by atoms with Gasteiger partial charge in [-0.2, -0.15) is 4.72 Å². The van der Waals surface area contributed by atoms with Crippen LogP contribution in [0.25, 0.3) is 0 Å². The molecule has 1 aliphatic rings. The second-order valence-corrected chi connectivity index (χ2v) is 8.78. The van der Waals surface area contributed by atoms with Gasteiger partial charge in [-0.3, -0.25) is 4.79 Å². The van der Waals surface area contributed by atoms with Crippen LogP contribution in [0, 0.1) is 12.8 Å². The number of benzene rings is 1. The molecular weight excluding hydrogens is 374 g/mol. The summed E-state index contributed by atoms with van der Waals surface area (Å²) in [5, 5.41) is 3.20. The van der Waals surface area contributed by atoms with Crippen LogP contribution in [-0.2, 0) is 14.8 Å². The maximum Gasteiger partial charge on any atom is 0.241 e. The number of sulfonamides is 1. The predicted molar refractivity (Wildman–Crippen MR) is 106 cm³/mol. The molecule has 8 heteroatoms. The molecule has 2 N–H and O–H groups in total. The van der Waals surface area contributed by atoms with E-state index in [9.17, 15) is 13.2 Å². The SMILES string of the molecule is CNC1CCCN(C(=O)C(NS(=O)(=O)c2ccc(C)cc2)C(C)C)C1.Cl. The van der Waals surface area contributed by atoms with E-state index in [1.54, 1.807) is 29.2 Å². The quantitative estimate of drug-likeness (QED) is 0.760. The lowest BCUT2D eigenvalue weighted by atomic mass is 10.0. The number of likely N-dealkylation sites (N-methyl/N-ethyl adjacent to an activating group) is 1. The minimum absolute atomic E-state index is 0. The van der Waals surface area contributed by atoms with E-state index in [0.29, 0.717) is 13.1 Å². The van der Waals surface area contributed by atoms with Gasteiger partial charge in [0.1, 0.15) is 6.04 Å². The molecule has 2 unspecified atom stereocenters. The van der Waals surface area contributed by atoms with Gasteiger partial charge < -0.3 is 10.2 Å². The molecule has 0 saturated carbocycles. The first kappa shape index (κ1) is 22.9. The van der Waals surface area contributed by atoms with Crippen LogP contribution in [0.2, 0.25) is 0 Å². The smallest absolute Gasteiger partial charge is 0.241 e. The predicted octanol–water partition coefficient (Wildman–Crippen LogP) is 1.93. The maximum absolute atomic E-state index is 12.9. The van der Waals surface area contributed by atoms with Crippen molar-refractivity contribution in [3.05, 3.63) is 29.8 Å². The van der Waals surface area contributed by atoms with Crippen LogP contribution >= 0.6 is 12.4 Å². The topological polar surface area (TPSA) is 78.5 Å². The number of amides is 1. The number of nitrogens with one attached hydrogen (secondary N) is 2. The summed E-state index contributed by atoms with van der Waals surface area (Å²) in [4.78, 5) is 14.9. The number of likely N-dealkylation sites (tertiary alicyclic amines) is 1. The fraction of sp³-hybridized carbons (Fsp3) is 0.611. The summed E-state index contributed by atoms with van der Waals surface area (Å²) in [6.07, 6.45) is 1.95. The summed E-state index contributed by atoms with van der Waals surface area (Å²) in [7, 11) is -1.85. The van der Waals surface area contributed by atoms with Crippen molar-refractivity contribution in [3.8, 4) is 0 Å². The molecule has 1 aromatic carbocycles. The molecule has 1 fully saturated rings. The van der Waals surface area contributed by atoms with E-state index < -0.39 is 16.1 Å². The van der Waals surface area contributed by atoms with Crippen LogP contribution in [0.4, 0.5) is 0 Å². The zero-order valence-corrected chi connectivity index (χ0v) is 17.5. The zero-order valence-electron chi connectivity index (χ0n) is 15.9. The lowest BCUT2D eigenvalue weighted by Crippen LogP contribution is -2.55. The number of rotatable bonds is 6. The Hall–Kier alpha value is -1.15. The molecule has 0 bridgehead atoms. The summed E-state index contributed by atoms with van der Waals surface area (Å²) < 4.78 is 28.0. The molecule has 0 radical (unpaired) electrons. The van der Waals surface area contributed by atoms with Crippen LogP contribution in [0.5, 0.6) is 0 Å². The average molecular weight is 404 g/mol. The number of halogens is 1. The Morgan fingerprint density at radius 3 is 2.38 bits per heavy atom. The van der Waals surface area contributed by atoms with Crippen LogP contribution in [0.1, 0.15) is 32.3 Å². The van der Waals surface area contributed by atoms with E-state index in [1.165, 1.54) is 0 Å². The Morgan fingerprint density at radius 1 is 1.23 bits per heavy atom. The van der Waals surface area contributed by atoms with Crippen molar-refractivity contribution in [1.29, 1.82) is 0 Å². The van der Waals surface area contributed by atoms with E-state index in [1.807, 2.05) is 27.8 Å². The first-order chi connectivity index (χ1) is 11.7. The number of aryl methyl sites for hydroxylation is 1. The van der Waals surface area contributed by atoms with Crippen LogP contribution in [-0.4, -0.2) is 51.4 Å². The molecule has 1 saturated heterocycles. The highest BCUT2D eigenvalue weighted by Gasteiger charge is 2.33. The first-order valence-electron chi connectivity index (χ1n) is 8.79. The molecule has 1 amide bonds. The third-order valence-corrected chi connectivity index (χ3v) is 6.14. The molecule has 1 aromatic rings. The van der Waals surface area contributed by atoms with Crippen molar-refractivity contribution in [2.45, 2.75) is 50.6 Å². The summed E-state index contributed by atoms with van der Waals surface area (Å²) in [5.41, 5.74) is 0.988. The number of hydrogen-bond acceptors (Lipinski definition) is 4. The highest BCUT2D eigenvalue weighted by molar-refractivity contribution is 7.89. The van der Waals surface area contributed by atoms with Crippen molar-refractivity contribution in [2.24, 2.45) is 5.92 Å². The minimum atomic E-state index is -3.74. The van der Waals surface area contributed by atoms with Gasteiger partial charge in [-0.1, -0.05) is 31.5 Å². The lowest BCUT2D eigenvalue weighted by Gasteiger charge is -2.35. The Kier molecular flexibility index (Phi) is 8.53. The van der Waals surface area contributed by atoms with Crippen LogP contribution in [0.15, 0.2) is 29.2 Å². The molecule has 6 nitrogen and oxygen atoms in total. The van der Waals surface area contributed by atoms with Crippen LogP contribution < -0.4 is 10.0 Å². The molecule has 26 heavy (non-hydrogen) atoms. The van der Waals surface area contributed by atoms with Gasteiger partial charge in [-0.05, 0) is 44.9 Å². The van der Waals surface area contributed by atoms with E-state index in [4.69, 9.17) is 0 Å². The average Bonchev–Trinajstić information content (AvgIpc) is 2.59. The molecule has 0 spiro atoms. The van der Waals surface area contributed by atoms with Crippen molar-refractivity contribution >= 4 is 28.3 Å². The van der Waals surface area contributed by atoms with Gasteiger partial charge >= 0.3 is 0 Å². The second-order valence-electron chi connectivity index (χ2n) is 7.07. The van der Waals surface area contributed by atoms with Gasteiger partial charge in [-0.15, -0.1) is 12.4 Å². The summed E-state index contributed by atoms with van der Waals surface area (Å²) in [5.74, 6) is -0.284. The molecule has 2 rings (SSSR count). The van der Waals surface area contributed by atoms with E-state index in [0.717, 1.165) is 18.4 Å². The van der Waals surface area contributed by atoms with Gasteiger partial charge in [0.15, 0.2) is 0 Å². The second kappa shape index (κ2) is 9.69. The minimum Gasteiger partial charge on any atom is -0.340 e. The lowest BCUT2D eigenvalue weighted by molar-refractivity contribution is -0.135. The maximum atomic E-state index is 12.9. The molecule has 0 aliphatic carbocycles. The molecule has 0 aromatic heterocycles. The third kappa shape index (κ3) is 5.67. The van der Waals surface area contributed by atoms with Gasteiger partial charge in [-0.25, -0.2) is 8.42 Å². The standard InChI is InChI=1S/C18H29N3O3S.ClH/c1-13(2)17(18(22)21-11-5-6-15(12-21)19-4)20-25(23,24)16-9-7-14(3)8-10-16;/h7-10,13,15,17,19-20H,5-6,11-12H2,1-4H3;1H. The van der Waals surface area contributed by atoms with Crippen molar-refractivity contribution in [2.75, 3.05) is 20.1 Å². The summed E-state index contributed by atoms with van der Waals surface area (Å²) >= 11 is 0. The van der Waals surface area contributed by atoms with Crippen LogP contribution in [0.3, 0.4) is 0 Å². The Morgan fingerprint density at radius 2 is 1.85 bits per heavy atom. The summed E-state index contributed by atoms with van der Waals surface area (Å²) in [6, 6.07) is 6.14. The highest BCUT2D eigenvalue weighted by atomic mass is 35.5. The number of carbonyl (C=O) groups is 1. The van der Waals surface area contributed by atoms with Gasteiger partial charge in [0.25, 0.3) is 0 Å². The largest absolute Gasteiger partial charge is 0.340 e. The van der Waals surface area contributed by atoms with Crippen molar-refractivity contribution in [1.82, 2.24) is 14.9 Å². The van der Waals surface area contributed by atoms with E-state index in [-0.39, 0.29) is 35.2 Å². The fourth-order valence-electron chi connectivity index (χ4n) is 3.03. The summed E-state index contributed by atoms with van der Waals surface area (Å²) in [6.45, 7) is 6.91. The first-order valence-corrected chi connectivity index (χ1v) is 10.3. The van der Waals surface area contributed by atoms with Crippen molar-refractivity contribution in [3.63, 3.8) is 0 Å². The molecule has 1 heterocycles.